The van der Waals surface area contributed by atoms with Gasteiger partial charge in [0.2, 0.25) is 0 Å². The zero-order valence-corrected chi connectivity index (χ0v) is 11.3. The summed E-state index contributed by atoms with van der Waals surface area (Å²) in [5, 5.41) is 9.07. The number of hydrogen-bond donors (Lipinski definition) is 1. The Morgan fingerprint density at radius 3 is 2.79 bits per heavy atom. The summed E-state index contributed by atoms with van der Waals surface area (Å²) in [7, 11) is 0. The number of aryl methyl sites for hydroxylation is 1. The van der Waals surface area contributed by atoms with E-state index in [0.717, 1.165) is 19.3 Å². The molecule has 0 spiro atoms. The summed E-state index contributed by atoms with van der Waals surface area (Å²) in [6, 6.07) is 14.7. The first-order valence-electron chi connectivity index (χ1n) is 6.48. The number of pyridine rings is 1. The number of hydrogen-bond acceptors (Lipinski definition) is 2. The highest BCUT2D eigenvalue weighted by molar-refractivity contribution is 7.71. The Labute approximate surface area is 117 Å². The molecule has 1 unspecified atom stereocenters. The molecule has 1 atom stereocenters. The van der Waals surface area contributed by atoms with E-state index in [9.17, 15) is 0 Å². The molecular weight excluding hydrogens is 252 g/mol. The van der Waals surface area contributed by atoms with Crippen LogP contribution in [0.3, 0.4) is 0 Å². The van der Waals surface area contributed by atoms with Gasteiger partial charge >= 0.3 is 0 Å². The van der Waals surface area contributed by atoms with E-state index in [1.807, 2.05) is 12.1 Å². The summed E-state index contributed by atoms with van der Waals surface area (Å²) in [6.07, 6.45) is 3.12. The van der Waals surface area contributed by atoms with Crippen LogP contribution >= 0.6 is 12.2 Å². The lowest BCUT2D eigenvalue weighted by Gasteiger charge is -2.25. The molecule has 1 aromatic carbocycles. The monoisotopic (exact) mass is 266 g/mol. The molecule has 1 aliphatic rings. The van der Waals surface area contributed by atoms with Crippen LogP contribution in [0, 0.1) is 16.0 Å². The summed E-state index contributed by atoms with van der Waals surface area (Å²) in [4.78, 5) is 3.21. The number of fused-ring (bicyclic) bond motifs is 1. The van der Waals surface area contributed by atoms with Crippen molar-refractivity contribution in [1.82, 2.24) is 4.98 Å². The maximum Gasteiger partial charge on any atom is 0.121 e. The van der Waals surface area contributed by atoms with Gasteiger partial charge in [-0.2, -0.15) is 5.26 Å². The number of rotatable bonds is 1. The van der Waals surface area contributed by atoms with Crippen LogP contribution < -0.4 is 0 Å². The van der Waals surface area contributed by atoms with E-state index >= 15 is 0 Å². The molecule has 3 heteroatoms. The number of nitrogens with one attached hydrogen (secondary N) is 1. The molecule has 0 fully saturated rings. The number of aromatic nitrogens is 1. The molecule has 3 rings (SSSR count). The van der Waals surface area contributed by atoms with E-state index in [4.69, 9.17) is 17.5 Å². The van der Waals surface area contributed by atoms with Crippen LogP contribution in [0.15, 0.2) is 36.4 Å². The second kappa shape index (κ2) is 4.99. The number of aromatic amines is 1. The smallest absolute Gasteiger partial charge is 0.121 e. The van der Waals surface area contributed by atoms with Crippen LogP contribution in [0.25, 0.3) is 0 Å². The van der Waals surface area contributed by atoms with E-state index in [1.54, 1.807) is 0 Å². The van der Waals surface area contributed by atoms with Crippen LogP contribution in [0.2, 0.25) is 0 Å². The van der Waals surface area contributed by atoms with Crippen molar-refractivity contribution in [2.45, 2.75) is 25.2 Å². The summed E-state index contributed by atoms with van der Waals surface area (Å²) >= 11 is 5.18. The van der Waals surface area contributed by atoms with E-state index in [-0.39, 0.29) is 0 Å². The van der Waals surface area contributed by atoms with Gasteiger partial charge in [0, 0.05) is 5.69 Å². The molecule has 19 heavy (non-hydrogen) atoms. The van der Waals surface area contributed by atoms with Crippen molar-refractivity contribution in [1.29, 1.82) is 5.26 Å². The van der Waals surface area contributed by atoms with Gasteiger partial charge in [-0.3, -0.25) is 0 Å². The van der Waals surface area contributed by atoms with Crippen LogP contribution in [0.1, 0.15) is 34.7 Å². The molecule has 1 heterocycles. The lowest BCUT2D eigenvalue weighted by atomic mass is 9.82. The summed E-state index contributed by atoms with van der Waals surface area (Å²) in [5.41, 5.74) is 4.41. The van der Waals surface area contributed by atoms with Gasteiger partial charge in [-0.25, -0.2) is 0 Å². The molecule has 0 radical (unpaired) electrons. The Morgan fingerprint density at radius 2 is 2.05 bits per heavy atom. The molecular formula is C16H14N2S. The zero-order valence-electron chi connectivity index (χ0n) is 10.5. The predicted octanol–water partition coefficient (Wildman–Crippen LogP) is 3.89. The number of nitrogens with zero attached hydrogens (tertiary/aromatic N) is 1. The van der Waals surface area contributed by atoms with Crippen molar-refractivity contribution in [3.8, 4) is 6.07 Å². The first-order valence-corrected chi connectivity index (χ1v) is 6.89. The minimum absolute atomic E-state index is 0.546. The van der Waals surface area contributed by atoms with Crippen molar-refractivity contribution in [2.24, 2.45) is 0 Å². The van der Waals surface area contributed by atoms with Gasteiger partial charge in [0.1, 0.15) is 10.7 Å². The molecule has 0 amide bonds. The molecule has 1 aliphatic carbocycles. The Hall–Kier alpha value is -1.92. The van der Waals surface area contributed by atoms with Crippen LogP contribution in [0.4, 0.5) is 0 Å². The van der Waals surface area contributed by atoms with E-state index in [1.165, 1.54) is 16.8 Å². The van der Waals surface area contributed by atoms with Crippen molar-refractivity contribution >= 4 is 12.2 Å². The molecule has 0 bridgehead atoms. The summed E-state index contributed by atoms with van der Waals surface area (Å²) in [5.74, 6) is 0.546. The first-order chi connectivity index (χ1) is 9.28. The molecule has 94 valence electrons. The van der Waals surface area contributed by atoms with Crippen molar-refractivity contribution in [3.63, 3.8) is 0 Å². The SMILES string of the molecule is N#Cc1cc2c([nH]c1=S)CCC(c1ccccc1)C2. The van der Waals surface area contributed by atoms with Gasteiger partial charge in [0.25, 0.3) is 0 Å². The fourth-order valence-electron chi connectivity index (χ4n) is 2.80. The van der Waals surface area contributed by atoms with Gasteiger partial charge in [0.05, 0.1) is 5.56 Å². The average molecular weight is 266 g/mol. The van der Waals surface area contributed by atoms with E-state index in [0.29, 0.717) is 16.1 Å². The maximum absolute atomic E-state index is 9.07. The van der Waals surface area contributed by atoms with Crippen LogP contribution in [0.5, 0.6) is 0 Å². The lowest BCUT2D eigenvalue weighted by Crippen LogP contribution is -2.14. The third-order valence-electron chi connectivity index (χ3n) is 3.82. The highest BCUT2D eigenvalue weighted by Crippen LogP contribution is 2.32. The zero-order chi connectivity index (χ0) is 13.2. The molecule has 0 saturated heterocycles. The number of H-pyrrole nitrogens is 1. The Balaban J connectivity index is 1.96. The second-order valence-corrected chi connectivity index (χ2v) is 5.39. The molecule has 0 aliphatic heterocycles. The van der Waals surface area contributed by atoms with Crippen molar-refractivity contribution < 1.29 is 0 Å². The Bertz CT molecular complexity index is 695. The van der Waals surface area contributed by atoms with Gasteiger partial charge in [-0.1, -0.05) is 42.5 Å². The van der Waals surface area contributed by atoms with E-state index in [2.05, 4.69) is 35.3 Å². The van der Waals surface area contributed by atoms with Crippen LogP contribution in [-0.2, 0) is 12.8 Å². The normalized spacial score (nSPS) is 17.5. The van der Waals surface area contributed by atoms with Crippen LogP contribution in [-0.4, -0.2) is 4.98 Å². The summed E-state index contributed by atoms with van der Waals surface area (Å²) in [6.45, 7) is 0. The molecule has 2 nitrogen and oxygen atoms in total. The van der Waals surface area contributed by atoms with E-state index < -0.39 is 0 Å². The standard InChI is InChI=1S/C16H14N2S/c17-10-14-9-13-8-12(11-4-2-1-3-5-11)6-7-15(13)18-16(14)19/h1-5,9,12H,6-8H2,(H,18,19). The Kier molecular flexibility index (Phi) is 3.18. The molecule has 2 aromatic rings. The molecule has 1 aromatic heterocycles. The Morgan fingerprint density at radius 1 is 1.26 bits per heavy atom. The largest absolute Gasteiger partial charge is 0.349 e. The first kappa shape index (κ1) is 12.1. The summed E-state index contributed by atoms with van der Waals surface area (Å²) < 4.78 is 0.569. The fourth-order valence-corrected chi connectivity index (χ4v) is 3.02. The highest BCUT2D eigenvalue weighted by Gasteiger charge is 2.21. The topological polar surface area (TPSA) is 39.6 Å². The second-order valence-electron chi connectivity index (χ2n) is 4.98. The number of nitriles is 1. The average Bonchev–Trinajstić information content (AvgIpc) is 2.47. The lowest BCUT2D eigenvalue weighted by molar-refractivity contribution is 0.573. The van der Waals surface area contributed by atoms with Gasteiger partial charge in [0.15, 0.2) is 0 Å². The fraction of sp³-hybridized carbons (Fsp3) is 0.250. The molecule has 0 saturated carbocycles. The van der Waals surface area contributed by atoms with Gasteiger partial charge in [-0.15, -0.1) is 0 Å². The highest BCUT2D eigenvalue weighted by atomic mass is 32.1. The minimum Gasteiger partial charge on any atom is -0.349 e. The quantitative estimate of drug-likeness (QED) is 0.795. The van der Waals surface area contributed by atoms with Gasteiger partial charge < -0.3 is 4.98 Å². The van der Waals surface area contributed by atoms with Gasteiger partial charge in [-0.05, 0) is 42.4 Å². The third-order valence-corrected chi connectivity index (χ3v) is 4.14. The van der Waals surface area contributed by atoms with Crippen molar-refractivity contribution in [3.05, 3.63) is 63.4 Å². The third kappa shape index (κ3) is 2.32. The maximum atomic E-state index is 9.07. The number of benzene rings is 1. The van der Waals surface area contributed by atoms with Crippen molar-refractivity contribution in [2.75, 3.05) is 0 Å². The minimum atomic E-state index is 0.546. The molecule has 1 N–H and O–H groups in total. The predicted molar refractivity (Wildman–Crippen MR) is 77.5 cm³/mol.